The molecule has 0 aromatic carbocycles. The minimum atomic E-state index is -1.06. The first-order valence-electron chi connectivity index (χ1n) is 6.41. The second kappa shape index (κ2) is 6.69. The van der Waals surface area contributed by atoms with E-state index in [-0.39, 0.29) is 17.3 Å². The van der Waals surface area contributed by atoms with Crippen LogP contribution in [0, 0.1) is 19.8 Å². The van der Waals surface area contributed by atoms with Crippen LogP contribution in [0.15, 0.2) is 4.79 Å². The zero-order valence-corrected chi connectivity index (χ0v) is 12.9. The summed E-state index contributed by atoms with van der Waals surface area (Å²) >= 11 is 1.08. The number of carboxylic acid groups (broad SMARTS) is 1. The summed E-state index contributed by atoms with van der Waals surface area (Å²) in [4.78, 5) is 35.3. The highest BCUT2D eigenvalue weighted by Crippen LogP contribution is 2.09. The van der Waals surface area contributed by atoms with Gasteiger partial charge in [0.2, 0.25) is 5.91 Å². The molecule has 2 N–H and O–H groups in total. The van der Waals surface area contributed by atoms with Gasteiger partial charge >= 0.3 is 10.8 Å². The Bertz CT molecular complexity index is 559. The Kier molecular flexibility index (Phi) is 5.50. The number of aliphatic carboxylic acids is 1. The average molecular weight is 300 g/mol. The summed E-state index contributed by atoms with van der Waals surface area (Å²) in [6, 6.07) is -0.918. The van der Waals surface area contributed by atoms with E-state index in [4.69, 9.17) is 5.11 Å². The van der Waals surface area contributed by atoms with Gasteiger partial charge in [0.1, 0.15) is 12.6 Å². The van der Waals surface area contributed by atoms with Crippen LogP contribution in [0.25, 0.3) is 0 Å². The van der Waals surface area contributed by atoms with E-state index in [1.807, 2.05) is 20.8 Å². The third-order valence-corrected chi connectivity index (χ3v) is 4.01. The first-order valence-corrected chi connectivity index (χ1v) is 7.23. The quantitative estimate of drug-likeness (QED) is 0.824. The Morgan fingerprint density at radius 3 is 2.35 bits per heavy atom. The van der Waals surface area contributed by atoms with Gasteiger partial charge in [-0.05, 0) is 26.2 Å². The molecule has 0 fully saturated rings. The summed E-state index contributed by atoms with van der Waals surface area (Å²) in [6.07, 6.45) is 0.359. The predicted molar refractivity (Wildman–Crippen MR) is 77.1 cm³/mol. The first kappa shape index (κ1) is 16.4. The van der Waals surface area contributed by atoms with Gasteiger partial charge < -0.3 is 10.4 Å². The van der Waals surface area contributed by atoms with E-state index in [1.54, 1.807) is 6.92 Å². The minimum Gasteiger partial charge on any atom is -0.480 e. The number of carboxylic acids is 1. The van der Waals surface area contributed by atoms with E-state index in [0.717, 1.165) is 21.9 Å². The number of hydrogen-bond donors (Lipinski definition) is 2. The van der Waals surface area contributed by atoms with Crippen LogP contribution < -0.4 is 10.2 Å². The average Bonchev–Trinajstić information content (AvgIpc) is 2.54. The van der Waals surface area contributed by atoms with E-state index in [2.05, 4.69) is 5.32 Å². The zero-order valence-electron chi connectivity index (χ0n) is 12.1. The molecule has 0 radical (unpaired) electrons. The smallest absolute Gasteiger partial charge is 0.326 e. The van der Waals surface area contributed by atoms with Crippen molar-refractivity contribution in [3.8, 4) is 0 Å². The summed E-state index contributed by atoms with van der Waals surface area (Å²) in [6.45, 7) is 7.22. The van der Waals surface area contributed by atoms with E-state index in [1.165, 1.54) is 4.57 Å². The second-order valence-electron chi connectivity index (χ2n) is 5.18. The van der Waals surface area contributed by atoms with Crippen molar-refractivity contribution in [3.05, 3.63) is 20.2 Å². The summed E-state index contributed by atoms with van der Waals surface area (Å²) in [7, 11) is 0. The number of carbonyl (C=O) groups excluding carboxylic acids is 1. The Labute approximate surface area is 121 Å². The van der Waals surface area contributed by atoms with Gasteiger partial charge in [0.15, 0.2) is 0 Å². The number of rotatable bonds is 6. The molecule has 1 aromatic rings. The summed E-state index contributed by atoms with van der Waals surface area (Å²) in [5, 5.41) is 11.5. The molecular formula is C13H20N2O4S. The summed E-state index contributed by atoms with van der Waals surface area (Å²) < 4.78 is 1.36. The molecule has 6 nitrogen and oxygen atoms in total. The molecule has 1 atom stereocenters. The Balaban J connectivity index is 2.76. The highest BCUT2D eigenvalue weighted by Gasteiger charge is 2.22. The van der Waals surface area contributed by atoms with Crippen molar-refractivity contribution < 1.29 is 14.7 Å². The number of aromatic nitrogens is 1. The molecule has 112 valence electrons. The normalized spacial score (nSPS) is 12.4. The highest BCUT2D eigenvalue weighted by atomic mass is 32.1. The van der Waals surface area contributed by atoms with Gasteiger partial charge in [0.25, 0.3) is 0 Å². The van der Waals surface area contributed by atoms with Gasteiger partial charge in [-0.3, -0.25) is 14.2 Å². The molecule has 7 heteroatoms. The van der Waals surface area contributed by atoms with Crippen molar-refractivity contribution in [3.63, 3.8) is 0 Å². The van der Waals surface area contributed by atoms with Gasteiger partial charge in [0.05, 0.1) is 0 Å². The van der Waals surface area contributed by atoms with Crippen molar-refractivity contribution >= 4 is 23.2 Å². The maximum absolute atomic E-state index is 11.9. The fourth-order valence-electron chi connectivity index (χ4n) is 1.85. The molecule has 1 aromatic heterocycles. The van der Waals surface area contributed by atoms with E-state index in [0.29, 0.717) is 6.42 Å². The lowest BCUT2D eigenvalue weighted by Gasteiger charge is -2.16. The maximum Gasteiger partial charge on any atom is 0.326 e. The van der Waals surface area contributed by atoms with Crippen molar-refractivity contribution in [1.29, 1.82) is 0 Å². The van der Waals surface area contributed by atoms with Crippen LogP contribution in [0.4, 0.5) is 0 Å². The number of nitrogens with one attached hydrogen (secondary N) is 1. The molecule has 0 unspecified atom stereocenters. The third-order valence-electron chi connectivity index (χ3n) is 3.02. The molecule has 0 bridgehead atoms. The van der Waals surface area contributed by atoms with Crippen LogP contribution in [0.2, 0.25) is 0 Å². The number of hydrogen-bond acceptors (Lipinski definition) is 4. The fourth-order valence-corrected chi connectivity index (χ4v) is 2.68. The molecular weight excluding hydrogens is 280 g/mol. The monoisotopic (exact) mass is 300 g/mol. The Hall–Kier alpha value is -1.63. The van der Waals surface area contributed by atoms with Crippen molar-refractivity contribution in [2.75, 3.05) is 0 Å². The van der Waals surface area contributed by atoms with Gasteiger partial charge in [-0.15, -0.1) is 0 Å². The summed E-state index contributed by atoms with van der Waals surface area (Å²) in [5.74, 6) is -1.36. The van der Waals surface area contributed by atoms with Gasteiger partial charge in [0, 0.05) is 10.6 Å². The van der Waals surface area contributed by atoms with E-state index < -0.39 is 17.9 Å². The summed E-state index contributed by atoms with van der Waals surface area (Å²) in [5.41, 5.74) is 0.742. The van der Waals surface area contributed by atoms with Crippen molar-refractivity contribution in [2.24, 2.45) is 5.92 Å². The number of nitrogens with zero attached hydrogens (tertiary/aromatic N) is 1. The molecule has 0 saturated carbocycles. The minimum absolute atomic E-state index is 0.142. The predicted octanol–water partition coefficient (Wildman–Crippen LogP) is 1.14. The SMILES string of the molecule is Cc1sc(=O)n(CC(=O)N[C@@H](CC(C)C)C(=O)O)c1C. The van der Waals surface area contributed by atoms with Gasteiger partial charge in [-0.2, -0.15) is 0 Å². The molecule has 0 spiro atoms. The number of thiazole rings is 1. The van der Waals surface area contributed by atoms with Crippen molar-refractivity contribution in [1.82, 2.24) is 9.88 Å². The number of amides is 1. The standard InChI is InChI=1S/C13H20N2O4S/c1-7(2)5-10(12(17)18)14-11(16)6-15-8(3)9(4)20-13(15)19/h7,10H,5-6H2,1-4H3,(H,14,16)(H,17,18)/t10-/m0/s1. The van der Waals surface area contributed by atoms with Crippen LogP contribution in [0.3, 0.4) is 0 Å². The molecule has 1 heterocycles. The van der Waals surface area contributed by atoms with Crippen LogP contribution >= 0.6 is 11.3 Å². The molecule has 20 heavy (non-hydrogen) atoms. The molecule has 1 amide bonds. The third kappa shape index (κ3) is 4.19. The van der Waals surface area contributed by atoms with Gasteiger partial charge in [-0.1, -0.05) is 25.2 Å². The van der Waals surface area contributed by atoms with Gasteiger partial charge in [-0.25, -0.2) is 4.79 Å². The highest BCUT2D eigenvalue weighted by molar-refractivity contribution is 7.09. The van der Waals surface area contributed by atoms with Crippen LogP contribution in [0.1, 0.15) is 30.8 Å². The number of carbonyl (C=O) groups is 2. The Morgan fingerprint density at radius 2 is 1.95 bits per heavy atom. The molecule has 0 aliphatic carbocycles. The topological polar surface area (TPSA) is 88.4 Å². The molecule has 0 saturated heterocycles. The number of aryl methyl sites for hydroxylation is 1. The van der Waals surface area contributed by atoms with Crippen LogP contribution in [0.5, 0.6) is 0 Å². The Morgan fingerprint density at radius 1 is 1.35 bits per heavy atom. The molecule has 1 rings (SSSR count). The first-order chi connectivity index (χ1) is 9.22. The lowest BCUT2D eigenvalue weighted by molar-refractivity contribution is -0.142. The van der Waals surface area contributed by atoms with Crippen molar-refractivity contribution in [2.45, 2.75) is 46.7 Å². The lowest BCUT2D eigenvalue weighted by Crippen LogP contribution is -2.43. The van der Waals surface area contributed by atoms with E-state index in [9.17, 15) is 14.4 Å². The molecule has 0 aliphatic heterocycles. The second-order valence-corrected chi connectivity index (χ2v) is 6.35. The fraction of sp³-hybridized carbons (Fsp3) is 0.615. The zero-order chi connectivity index (χ0) is 15.4. The van der Waals surface area contributed by atoms with Crippen LogP contribution in [-0.4, -0.2) is 27.6 Å². The lowest BCUT2D eigenvalue weighted by atomic mass is 10.0. The van der Waals surface area contributed by atoms with E-state index >= 15 is 0 Å². The maximum atomic E-state index is 11.9. The molecule has 0 aliphatic rings. The van der Waals surface area contributed by atoms with Crippen LogP contribution in [-0.2, 0) is 16.1 Å². The largest absolute Gasteiger partial charge is 0.480 e.